The number of benzene rings is 1. The predicted octanol–water partition coefficient (Wildman–Crippen LogP) is 2.38. The van der Waals surface area contributed by atoms with Gasteiger partial charge < -0.3 is 0 Å². The summed E-state index contributed by atoms with van der Waals surface area (Å²) < 4.78 is 13.1. The largest absolute Gasteiger partial charge is 0.298 e. The van der Waals surface area contributed by atoms with Crippen molar-refractivity contribution in [3.8, 4) is 11.8 Å². The average molecular weight is 241 g/mol. The van der Waals surface area contributed by atoms with Gasteiger partial charge in [0.15, 0.2) is 6.29 Å². The number of halogens is 2. The summed E-state index contributed by atoms with van der Waals surface area (Å²) in [5, 5.41) is 0.458. The number of rotatable bonds is 1. The van der Waals surface area contributed by atoms with Gasteiger partial charge >= 0.3 is 0 Å². The molecule has 1 rings (SSSR count). The first-order valence-corrected chi connectivity index (χ1v) is 4.70. The second-order valence-corrected chi connectivity index (χ2v) is 2.82. The first-order valence-electron chi connectivity index (χ1n) is 3.58. The van der Waals surface area contributed by atoms with Gasteiger partial charge in [0.2, 0.25) is 0 Å². The lowest BCUT2D eigenvalue weighted by molar-refractivity contribution is 0.112. The summed E-state index contributed by atoms with van der Waals surface area (Å²) in [5.74, 6) is 4.77. The van der Waals surface area contributed by atoms with E-state index in [1.54, 1.807) is 0 Å². The molecule has 0 amide bonds. The Hall–Kier alpha value is -1.14. The third-order valence-electron chi connectivity index (χ3n) is 1.45. The van der Waals surface area contributed by atoms with Crippen LogP contribution < -0.4 is 0 Å². The molecule has 0 aliphatic rings. The molecular formula is C10H6BrFO. The van der Waals surface area contributed by atoms with Crippen LogP contribution in [0.2, 0.25) is 0 Å². The number of carbonyl (C=O) groups excluding carboxylic acids is 1. The molecule has 0 spiro atoms. The number of aldehydes is 1. The minimum Gasteiger partial charge on any atom is -0.298 e. The van der Waals surface area contributed by atoms with Gasteiger partial charge in [-0.3, -0.25) is 4.79 Å². The molecule has 13 heavy (non-hydrogen) atoms. The zero-order valence-electron chi connectivity index (χ0n) is 6.68. The lowest BCUT2D eigenvalue weighted by Crippen LogP contribution is -1.91. The highest BCUT2D eigenvalue weighted by Gasteiger charge is 2.03. The van der Waals surface area contributed by atoms with E-state index in [1.807, 2.05) is 0 Å². The van der Waals surface area contributed by atoms with Gasteiger partial charge in [0.1, 0.15) is 5.82 Å². The Labute approximate surface area is 84.1 Å². The fraction of sp³-hybridized carbons (Fsp3) is 0.100. The molecule has 3 heteroatoms. The van der Waals surface area contributed by atoms with Crippen LogP contribution in [-0.4, -0.2) is 11.6 Å². The first-order chi connectivity index (χ1) is 6.29. The molecule has 0 saturated carbocycles. The molecule has 0 N–H and O–H groups in total. The molecule has 0 heterocycles. The van der Waals surface area contributed by atoms with E-state index in [1.165, 1.54) is 18.2 Å². The van der Waals surface area contributed by atoms with Gasteiger partial charge in [-0.25, -0.2) is 4.39 Å². The van der Waals surface area contributed by atoms with Gasteiger partial charge in [-0.05, 0) is 6.07 Å². The lowest BCUT2D eigenvalue weighted by atomic mass is 10.1. The van der Waals surface area contributed by atoms with Crippen LogP contribution in [0.4, 0.5) is 4.39 Å². The van der Waals surface area contributed by atoms with E-state index in [-0.39, 0.29) is 11.1 Å². The summed E-state index contributed by atoms with van der Waals surface area (Å²) in [6.07, 6.45) is 0.599. The van der Waals surface area contributed by atoms with Crippen LogP contribution in [-0.2, 0) is 0 Å². The van der Waals surface area contributed by atoms with Crippen LogP contribution in [0.15, 0.2) is 18.2 Å². The Kier molecular flexibility index (Phi) is 3.66. The molecule has 1 nitrogen and oxygen atoms in total. The van der Waals surface area contributed by atoms with Crippen LogP contribution >= 0.6 is 15.9 Å². The molecule has 0 fully saturated rings. The van der Waals surface area contributed by atoms with Crippen LogP contribution in [0.25, 0.3) is 0 Å². The van der Waals surface area contributed by atoms with Crippen molar-refractivity contribution < 1.29 is 9.18 Å². The minimum absolute atomic E-state index is 0.164. The van der Waals surface area contributed by atoms with Crippen molar-refractivity contribution in [1.82, 2.24) is 0 Å². The van der Waals surface area contributed by atoms with Crippen LogP contribution in [0.5, 0.6) is 0 Å². The fourth-order valence-electron chi connectivity index (χ4n) is 0.893. The summed E-state index contributed by atoms with van der Waals surface area (Å²) in [6.45, 7) is 0. The Balaban J connectivity index is 3.22. The lowest BCUT2D eigenvalue weighted by Gasteiger charge is -1.96. The molecule has 1 aromatic rings. The molecule has 0 atom stereocenters. The Bertz CT molecular complexity index is 376. The van der Waals surface area contributed by atoms with Crippen molar-refractivity contribution >= 4 is 22.2 Å². The maximum absolute atomic E-state index is 13.1. The molecule has 66 valence electrons. The van der Waals surface area contributed by atoms with E-state index >= 15 is 0 Å². The number of hydrogen-bond donors (Lipinski definition) is 0. The van der Waals surface area contributed by atoms with Crippen molar-refractivity contribution in [1.29, 1.82) is 0 Å². The van der Waals surface area contributed by atoms with Gasteiger partial charge in [0.25, 0.3) is 0 Å². The zero-order valence-corrected chi connectivity index (χ0v) is 8.27. The Morgan fingerprint density at radius 2 is 2.31 bits per heavy atom. The Morgan fingerprint density at radius 3 is 2.92 bits per heavy atom. The second kappa shape index (κ2) is 4.78. The van der Waals surface area contributed by atoms with Crippen molar-refractivity contribution in [2.24, 2.45) is 0 Å². The SMILES string of the molecule is O=Cc1cccc(F)c1C#CCBr. The highest BCUT2D eigenvalue weighted by molar-refractivity contribution is 9.09. The maximum atomic E-state index is 13.1. The van der Waals surface area contributed by atoms with E-state index in [2.05, 4.69) is 27.8 Å². The summed E-state index contributed by atoms with van der Waals surface area (Å²) in [6, 6.07) is 4.30. The fourth-order valence-corrected chi connectivity index (χ4v) is 1.03. The molecule has 0 aliphatic heterocycles. The number of carbonyl (C=O) groups is 1. The van der Waals surface area contributed by atoms with Crippen molar-refractivity contribution in [3.05, 3.63) is 35.1 Å². The monoisotopic (exact) mass is 240 g/mol. The van der Waals surface area contributed by atoms with Gasteiger partial charge in [-0.1, -0.05) is 39.9 Å². The van der Waals surface area contributed by atoms with Crippen LogP contribution in [0, 0.1) is 17.7 Å². The quantitative estimate of drug-likeness (QED) is 0.419. The molecule has 0 aromatic heterocycles. The third kappa shape index (κ3) is 2.40. The number of hydrogen-bond acceptors (Lipinski definition) is 1. The van der Waals surface area contributed by atoms with Crippen molar-refractivity contribution in [2.75, 3.05) is 5.33 Å². The van der Waals surface area contributed by atoms with Crippen LogP contribution in [0.1, 0.15) is 15.9 Å². The van der Waals surface area contributed by atoms with Gasteiger partial charge in [0, 0.05) is 5.56 Å². The third-order valence-corrected chi connectivity index (χ3v) is 1.73. The van der Waals surface area contributed by atoms with Gasteiger partial charge in [-0.15, -0.1) is 0 Å². The average Bonchev–Trinajstić information content (AvgIpc) is 2.15. The highest BCUT2D eigenvalue weighted by Crippen LogP contribution is 2.09. The first kappa shape index (κ1) is 9.94. The standard InChI is InChI=1S/C10H6BrFO/c11-6-2-4-9-8(7-13)3-1-5-10(9)12/h1,3,5,7H,6H2. The van der Waals surface area contributed by atoms with E-state index in [9.17, 15) is 9.18 Å². The maximum Gasteiger partial charge on any atom is 0.151 e. The summed E-state index contributed by atoms with van der Waals surface area (Å²) in [4.78, 5) is 10.5. The molecule has 1 aromatic carbocycles. The smallest absolute Gasteiger partial charge is 0.151 e. The molecule has 0 bridgehead atoms. The van der Waals surface area contributed by atoms with E-state index in [0.29, 0.717) is 11.6 Å². The zero-order chi connectivity index (χ0) is 9.68. The summed E-state index contributed by atoms with van der Waals surface area (Å²) >= 11 is 3.09. The molecule has 0 unspecified atom stereocenters. The van der Waals surface area contributed by atoms with Crippen LogP contribution in [0.3, 0.4) is 0 Å². The topological polar surface area (TPSA) is 17.1 Å². The number of alkyl halides is 1. The van der Waals surface area contributed by atoms with E-state index < -0.39 is 5.82 Å². The van der Waals surface area contributed by atoms with E-state index in [4.69, 9.17) is 0 Å². The minimum atomic E-state index is -0.460. The van der Waals surface area contributed by atoms with Crippen molar-refractivity contribution in [3.63, 3.8) is 0 Å². The highest BCUT2D eigenvalue weighted by atomic mass is 79.9. The molecule has 0 radical (unpaired) electrons. The molecule has 0 saturated heterocycles. The normalized spacial score (nSPS) is 8.77. The van der Waals surface area contributed by atoms with Gasteiger partial charge in [0.05, 0.1) is 10.9 Å². The van der Waals surface area contributed by atoms with Crippen molar-refractivity contribution in [2.45, 2.75) is 0 Å². The summed E-state index contributed by atoms with van der Waals surface area (Å²) in [7, 11) is 0. The predicted molar refractivity (Wildman–Crippen MR) is 52.5 cm³/mol. The van der Waals surface area contributed by atoms with Gasteiger partial charge in [-0.2, -0.15) is 0 Å². The molecule has 0 aliphatic carbocycles. The summed E-state index contributed by atoms with van der Waals surface area (Å²) in [5.41, 5.74) is 0.449. The Morgan fingerprint density at radius 1 is 1.54 bits per heavy atom. The second-order valence-electron chi connectivity index (χ2n) is 2.26. The molecular weight excluding hydrogens is 235 g/mol. The van der Waals surface area contributed by atoms with E-state index in [0.717, 1.165) is 0 Å².